The summed E-state index contributed by atoms with van der Waals surface area (Å²) in [5.74, 6) is 2.10. The lowest BCUT2D eigenvalue weighted by Crippen LogP contribution is -2.45. The van der Waals surface area contributed by atoms with Crippen molar-refractivity contribution in [3.8, 4) is 0 Å². The number of Topliss-reactive ketones (excluding diaryl/α,β-unsaturated/α-hetero) is 1. The van der Waals surface area contributed by atoms with Crippen LogP contribution in [-0.2, 0) is 4.79 Å². The molecule has 26 heavy (non-hydrogen) atoms. The first-order valence-corrected chi connectivity index (χ1v) is 10.9. The monoisotopic (exact) mass is 361 g/mol. The molecule has 6 atom stereocenters. The van der Waals surface area contributed by atoms with Gasteiger partial charge in [0, 0.05) is 17.5 Å². The van der Waals surface area contributed by atoms with Crippen LogP contribution in [0.4, 0.5) is 0 Å². The van der Waals surface area contributed by atoms with Gasteiger partial charge in [0.15, 0.2) is 5.78 Å². The number of carbonyl (C=O) groups excluding carboxylic acids is 1. The fraction of sp³-hybridized carbons (Fsp3) is 0.957. The highest BCUT2D eigenvalue weighted by Gasteiger charge is 2.71. The molecule has 0 aromatic rings. The van der Waals surface area contributed by atoms with E-state index >= 15 is 0 Å². The molecule has 3 aliphatic carbocycles. The second kappa shape index (κ2) is 5.35. The number of fused-ring (bicyclic) bond motifs is 3. The number of carbonyl (C=O) groups is 1. The number of hydrogen-bond donors (Lipinski definition) is 0. The third-order valence-corrected chi connectivity index (χ3v) is 9.55. The quantitative estimate of drug-likeness (QED) is 0.605. The van der Waals surface area contributed by atoms with Gasteiger partial charge < -0.3 is 4.48 Å². The van der Waals surface area contributed by atoms with E-state index in [-0.39, 0.29) is 5.41 Å². The minimum atomic E-state index is 0.286. The van der Waals surface area contributed by atoms with Crippen LogP contribution in [0.1, 0.15) is 72.6 Å². The smallest absolute Gasteiger partial charge is 0.187 e. The molecule has 4 aliphatic rings. The van der Waals surface area contributed by atoms with E-state index in [4.69, 9.17) is 0 Å². The van der Waals surface area contributed by atoms with Crippen molar-refractivity contribution in [3.05, 3.63) is 0 Å². The third kappa shape index (κ3) is 2.89. The summed E-state index contributed by atoms with van der Waals surface area (Å²) in [7, 11) is 6.90. The highest BCUT2D eigenvalue weighted by molar-refractivity contribution is 5.80. The van der Waals surface area contributed by atoms with Gasteiger partial charge in [-0.3, -0.25) is 9.69 Å². The number of quaternary nitrogens is 1. The molecule has 4 fully saturated rings. The molecular formula is C23H41N2O+. The number of hydrogen-bond acceptors (Lipinski definition) is 2. The van der Waals surface area contributed by atoms with Crippen LogP contribution in [0.5, 0.6) is 0 Å². The van der Waals surface area contributed by atoms with Crippen molar-refractivity contribution in [2.75, 3.05) is 34.2 Å². The third-order valence-electron chi connectivity index (χ3n) is 9.55. The number of rotatable bonds is 0. The number of likely N-dealkylation sites (N-methyl/N-ethyl adjacent to an activating group) is 1. The van der Waals surface area contributed by atoms with Crippen LogP contribution in [0.3, 0.4) is 0 Å². The van der Waals surface area contributed by atoms with Crippen LogP contribution < -0.4 is 0 Å². The Balaban J connectivity index is 1.54. The van der Waals surface area contributed by atoms with Gasteiger partial charge in [0.2, 0.25) is 0 Å². The molecule has 0 aromatic heterocycles. The molecule has 3 nitrogen and oxygen atoms in total. The van der Waals surface area contributed by atoms with Crippen molar-refractivity contribution in [2.24, 2.45) is 22.7 Å². The van der Waals surface area contributed by atoms with Gasteiger partial charge in [0.25, 0.3) is 0 Å². The summed E-state index contributed by atoms with van der Waals surface area (Å²) in [6.45, 7) is 11.8. The Hall–Kier alpha value is -0.410. The molecule has 0 spiro atoms. The fourth-order valence-corrected chi connectivity index (χ4v) is 6.77. The molecule has 1 aliphatic heterocycles. The Morgan fingerprint density at radius 1 is 1.04 bits per heavy atom. The molecule has 0 bridgehead atoms. The van der Waals surface area contributed by atoms with Crippen molar-refractivity contribution < 1.29 is 9.28 Å². The van der Waals surface area contributed by atoms with Crippen molar-refractivity contribution in [1.82, 2.24) is 4.90 Å². The molecule has 148 valence electrons. The molecule has 1 saturated heterocycles. The van der Waals surface area contributed by atoms with Gasteiger partial charge in [-0.15, -0.1) is 0 Å². The maximum Gasteiger partial charge on any atom is 0.187 e. The number of nitrogens with zero attached hydrogens (tertiary/aromatic N) is 2. The van der Waals surface area contributed by atoms with E-state index < -0.39 is 0 Å². The zero-order chi connectivity index (χ0) is 19.2. The Bertz CT molecular complexity index is 630. The van der Waals surface area contributed by atoms with Crippen molar-refractivity contribution in [1.29, 1.82) is 0 Å². The van der Waals surface area contributed by atoms with E-state index in [1.807, 2.05) is 0 Å². The largest absolute Gasteiger partial charge is 0.322 e. The standard InChI is InChI=1S/C23H41N2O/c1-20-11-18(20)12-21(2)16-23(21,4)24(5)22(3)13-17(22)9-8-10-25(6,7)15-19(26)14-20/h17-18H,8-16H2,1-7H3/q+1. The molecule has 4 rings (SSSR count). The fourth-order valence-electron chi connectivity index (χ4n) is 6.77. The van der Waals surface area contributed by atoms with E-state index in [9.17, 15) is 4.79 Å². The highest BCUT2D eigenvalue weighted by Crippen LogP contribution is 2.71. The first kappa shape index (κ1) is 18.9. The summed E-state index contributed by atoms with van der Waals surface area (Å²) in [5.41, 5.74) is 1.50. The first-order chi connectivity index (χ1) is 11.8. The Morgan fingerprint density at radius 2 is 1.73 bits per heavy atom. The second-order valence-electron chi connectivity index (χ2n) is 12.3. The molecule has 1 heterocycles. The average Bonchev–Trinajstić information content (AvgIpc) is 3.39. The summed E-state index contributed by atoms with van der Waals surface area (Å²) in [5, 5.41) is 0. The van der Waals surface area contributed by atoms with Crippen LogP contribution >= 0.6 is 0 Å². The topological polar surface area (TPSA) is 20.3 Å². The van der Waals surface area contributed by atoms with Crippen LogP contribution in [-0.4, -0.2) is 60.5 Å². The number of ketones is 1. The van der Waals surface area contributed by atoms with E-state index in [1.54, 1.807) is 0 Å². The molecule has 3 saturated carbocycles. The maximum atomic E-state index is 12.8. The van der Waals surface area contributed by atoms with E-state index in [0.29, 0.717) is 22.3 Å². The first-order valence-electron chi connectivity index (χ1n) is 10.9. The molecule has 0 amide bonds. The molecule has 0 radical (unpaired) electrons. The molecule has 0 aromatic carbocycles. The van der Waals surface area contributed by atoms with E-state index in [2.05, 4.69) is 53.7 Å². The zero-order valence-electron chi connectivity index (χ0n) is 18.3. The SMILES string of the molecule is CN1C2(C)CC2CCC[N+](C)(C)CC(=O)CC2(C)CC2CC2(C)CC12C. The minimum Gasteiger partial charge on any atom is -0.322 e. The van der Waals surface area contributed by atoms with Gasteiger partial charge in [0.1, 0.15) is 6.54 Å². The van der Waals surface area contributed by atoms with Gasteiger partial charge in [-0.1, -0.05) is 13.8 Å². The van der Waals surface area contributed by atoms with Gasteiger partial charge in [-0.25, -0.2) is 0 Å². The summed E-state index contributed by atoms with van der Waals surface area (Å²) in [4.78, 5) is 15.5. The van der Waals surface area contributed by atoms with E-state index in [1.165, 1.54) is 38.5 Å². The summed E-state index contributed by atoms with van der Waals surface area (Å²) < 4.78 is 0.869. The lowest BCUT2D eigenvalue weighted by Gasteiger charge is -2.36. The average molecular weight is 362 g/mol. The predicted octanol–water partition coefficient (Wildman–Crippen LogP) is 4.11. The van der Waals surface area contributed by atoms with Crippen LogP contribution in [0.15, 0.2) is 0 Å². The van der Waals surface area contributed by atoms with Crippen LogP contribution in [0.25, 0.3) is 0 Å². The maximum absolute atomic E-state index is 12.8. The van der Waals surface area contributed by atoms with Gasteiger partial charge in [0.05, 0.1) is 20.6 Å². The van der Waals surface area contributed by atoms with Gasteiger partial charge >= 0.3 is 0 Å². The summed E-state index contributed by atoms with van der Waals surface area (Å²) >= 11 is 0. The Labute approximate surface area is 161 Å². The summed E-state index contributed by atoms with van der Waals surface area (Å²) in [6, 6.07) is 0. The Morgan fingerprint density at radius 3 is 2.42 bits per heavy atom. The van der Waals surface area contributed by atoms with Crippen molar-refractivity contribution in [3.63, 3.8) is 0 Å². The molecule has 3 heteroatoms. The summed E-state index contributed by atoms with van der Waals surface area (Å²) in [6.07, 6.45) is 8.67. The highest BCUT2D eigenvalue weighted by atomic mass is 16.1. The zero-order valence-corrected chi connectivity index (χ0v) is 18.3. The van der Waals surface area contributed by atoms with Crippen LogP contribution in [0, 0.1) is 22.7 Å². The van der Waals surface area contributed by atoms with Gasteiger partial charge in [-0.2, -0.15) is 0 Å². The van der Waals surface area contributed by atoms with Crippen molar-refractivity contribution in [2.45, 2.75) is 83.7 Å². The second-order valence-corrected chi connectivity index (χ2v) is 12.3. The molecular weight excluding hydrogens is 320 g/mol. The van der Waals surface area contributed by atoms with Crippen LogP contribution in [0.2, 0.25) is 0 Å². The molecule has 6 unspecified atom stereocenters. The minimum absolute atomic E-state index is 0.286. The van der Waals surface area contributed by atoms with E-state index in [0.717, 1.165) is 35.8 Å². The van der Waals surface area contributed by atoms with Crippen molar-refractivity contribution >= 4 is 5.78 Å². The molecule has 0 N–H and O–H groups in total. The Kier molecular flexibility index (Phi) is 3.89. The lowest BCUT2D eigenvalue weighted by atomic mass is 9.89. The predicted molar refractivity (Wildman–Crippen MR) is 107 cm³/mol. The lowest BCUT2D eigenvalue weighted by molar-refractivity contribution is -0.882. The normalized spacial score (nSPS) is 54.2. The van der Waals surface area contributed by atoms with Gasteiger partial charge in [-0.05, 0) is 82.1 Å².